The van der Waals surface area contributed by atoms with E-state index in [1.165, 1.54) is 5.56 Å². The van der Waals surface area contributed by atoms with Gasteiger partial charge in [-0.05, 0) is 36.5 Å². The quantitative estimate of drug-likeness (QED) is 0.722. The normalized spacial score (nSPS) is 11.2. The van der Waals surface area contributed by atoms with E-state index in [2.05, 4.69) is 43.2 Å². The Balaban J connectivity index is 1.84. The summed E-state index contributed by atoms with van der Waals surface area (Å²) in [4.78, 5) is 0. The summed E-state index contributed by atoms with van der Waals surface area (Å²) in [6, 6.07) is 8.29. The highest BCUT2D eigenvalue weighted by atomic mass is 16.5. The Labute approximate surface area is 138 Å². The number of nitrogens with two attached hydrogens (primary N) is 1. The number of benzene rings is 1. The Morgan fingerprint density at radius 3 is 2.57 bits per heavy atom. The largest absolute Gasteiger partial charge is 0.494 e. The van der Waals surface area contributed by atoms with Gasteiger partial charge in [0.25, 0.3) is 0 Å². The SMILES string of the molecule is CCc1ccc(OCCCn2nnc(CN)c2CC(C)C)cc1. The lowest BCUT2D eigenvalue weighted by atomic mass is 10.1. The van der Waals surface area contributed by atoms with E-state index in [1.807, 2.05) is 16.8 Å². The van der Waals surface area contributed by atoms with Crippen molar-refractivity contribution in [3.05, 3.63) is 41.2 Å². The van der Waals surface area contributed by atoms with Crippen LogP contribution in [-0.4, -0.2) is 21.6 Å². The van der Waals surface area contributed by atoms with Crippen LogP contribution in [-0.2, 0) is 25.9 Å². The van der Waals surface area contributed by atoms with Gasteiger partial charge in [-0.2, -0.15) is 0 Å². The third kappa shape index (κ3) is 5.06. The van der Waals surface area contributed by atoms with Crippen LogP contribution in [0.15, 0.2) is 24.3 Å². The van der Waals surface area contributed by atoms with Crippen molar-refractivity contribution in [2.24, 2.45) is 11.7 Å². The summed E-state index contributed by atoms with van der Waals surface area (Å²) in [5.41, 5.74) is 9.15. The van der Waals surface area contributed by atoms with E-state index < -0.39 is 0 Å². The summed E-state index contributed by atoms with van der Waals surface area (Å²) in [6.07, 6.45) is 2.90. The van der Waals surface area contributed by atoms with E-state index in [9.17, 15) is 0 Å². The van der Waals surface area contributed by atoms with Crippen LogP contribution >= 0.6 is 0 Å². The molecule has 126 valence electrons. The molecule has 2 rings (SSSR count). The van der Waals surface area contributed by atoms with Crippen LogP contribution in [0.1, 0.15) is 44.1 Å². The molecule has 2 aromatic rings. The topological polar surface area (TPSA) is 66.0 Å². The van der Waals surface area contributed by atoms with Gasteiger partial charge in [0.05, 0.1) is 18.0 Å². The molecule has 0 saturated carbocycles. The Hall–Kier alpha value is -1.88. The monoisotopic (exact) mass is 316 g/mol. The minimum Gasteiger partial charge on any atom is -0.494 e. The number of ether oxygens (including phenoxy) is 1. The summed E-state index contributed by atoms with van der Waals surface area (Å²) in [6.45, 7) is 8.47. The van der Waals surface area contributed by atoms with E-state index >= 15 is 0 Å². The van der Waals surface area contributed by atoms with E-state index in [4.69, 9.17) is 10.5 Å². The Morgan fingerprint density at radius 2 is 1.96 bits per heavy atom. The van der Waals surface area contributed by atoms with E-state index in [0.29, 0.717) is 19.1 Å². The molecule has 1 aromatic heterocycles. The van der Waals surface area contributed by atoms with Gasteiger partial charge in [0.1, 0.15) is 5.75 Å². The fourth-order valence-electron chi connectivity index (χ4n) is 2.54. The van der Waals surface area contributed by atoms with Gasteiger partial charge in [-0.25, -0.2) is 4.68 Å². The van der Waals surface area contributed by atoms with Crippen molar-refractivity contribution in [3.8, 4) is 5.75 Å². The molecule has 1 heterocycles. The third-order valence-corrected chi connectivity index (χ3v) is 3.83. The van der Waals surface area contributed by atoms with Crippen LogP contribution in [0.5, 0.6) is 5.75 Å². The van der Waals surface area contributed by atoms with Crippen LogP contribution < -0.4 is 10.5 Å². The third-order valence-electron chi connectivity index (χ3n) is 3.83. The predicted octanol–water partition coefficient (Wildman–Crippen LogP) is 2.97. The summed E-state index contributed by atoms with van der Waals surface area (Å²) >= 11 is 0. The predicted molar refractivity (Wildman–Crippen MR) is 92.4 cm³/mol. The minimum atomic E-state index is 0.447. The molecule has 0 radical (unpaired) electrons. The molecular weight excluding hydrogens is 288 g/mol. The van der Waals surface area contributed by atoms with E-state index in [0.717, 1.165) is 42.9 Å². The van der Waals surface area contributed by atoms with Crippen LogP contribution in [0.3, 0.4) is 0 Å². The standard InChI is InChI=1S/C18H28N4O/c1-4-15-6-8-16(9-7-15)23-11-5-10-22-18(12-14(2)3)17(13-19)20-21-22/h6-9,14H,4-5,10-13,19H2,1-3H3. The van der Waals surface area contributed by atoms with Crippen LogP contribution in [0.2, 0.25) is 0 Å². The first-order valence-corrected chi connectivity index (χ1v) is 8.47. The minimum absolute atomic E-state index is 0.447. The van der Waals surface area contributed by atoms with E-state index in [-0.39, 0.29) is 0 Å². The average molecular weight is 316 g/mol. The summed E-state index contributed by atoms with van der Waals surface area (Å²) in [5.74, 6) is 1.48. The lowest BCUT2D eigenvalue weighted by molar-refractivity contribution is 0.296. The zero-order valence-corrected chi connectivity index (χ0v) is 14.5. The fraction of sp³-hybridized carbons (Fsp3) is 0.556. The molecule has 0 aliphatic heterocycles. The van der Waals surface area contributed by atoms with Crippen molar-refractivity contribution >= 4 is 0 Å². The Bertz CT molecular complexity index is 590. The van der Waals surface area contributed by atoms with Crippen molar-refractivity contribution in [1.82, 2.24) is 15.0 Å². The number of rotatable bonds is 9. The highest BCUT2D eigenvalue weighted by molar-refractivity contribution is 5.27. The lowest BCUT2D eigenvalue weighted by Crippen LogP contribution is -2.12. The first-order valence-electron chi connectivity index (χ1n) is 8.47. The molecule has 0 bridgehead atoms. The molecule has 0 atom stereocenters. The highest BCUT2D eigenvalue weighted by Gasteiger charge is 2.12. The Kier molecular flexibility index (Phi) is 6.59. The second-order valence-corrected chi connectivity index (χ2v) is 6.21. The zero-order valence-electron chi connectivity index (χ0n) is 14.5. The first kappa shape index (κ1) is 17.5. The number of hydrogen-bond acceptors (Lipinski definition) is 4. The number of hydrogen-bond donors (Lipinski definition) is 1. The number of aromatic nitrogens is 3. The molecule has 23 heavy (non-hydrogen) atoms. The summed E-state index contributed by atoms with van der Waals surface area (Å²) in [7, 11) is 0. The van der Waals surface area contributed by atoms with Crippen molar-refractivity contribution in [2.75, 3.05) is 6.61 Å². The number of nitrogens with zero attached hydrogens (tertiary/aromatic N) is 3. The summed E-state index contributed by atoms with van der Waals surface area (Å²) < 4.78 is 7.77. The molecule has 0 saturated heterocycles. The molecule has 0 unspecified atom stereocenters. The lowest BCUT2D eigenvalue weighted by Gasteiger charge is -2.10. The summed E-state index contributed by atoms with van der Waals surface area (Å²) in [5, 5.41) is 8.43. The molecule has 1 aromatic carbocycles. The van der Waals surface area contributed by atoms with Gasteiger partial charge in [0.15, 0.2) is 0 Å². The first-order chi connectivity index (χ1) is 11.1. The smallest absolute Gasteiger partial charge is 0.119 e. The molecule has 0 fully saturated rings. The van der Waals surface area contributed by atoms with Crippen LogP contribution in [0.4, 0.5) is 0 Å². The van der Waals surface area contributed by atoms with Crippen LogP contribution in [0.25, 0.3) is 0 Å². The average Bonchev–Trinajstić information content (AvgIpc) is 2.93. The van der Waals surface area contributed by atoms with Gasteiger partial charge in [-0.1, -0.05) is 38.1 Å². The highest BCUT2D eigenvalue weighted by Crippen LogP contribution is 2.14. The molecule has 5 heteroatoms. The van der Waals surface area contributed by atoms with Crippen molar-refractivity contribution in [1.29, 1.82) is 0 Å². The van der Waals surface area contributed by atoms with Crippen molar-refractivity contribution in [2.45, 2.75) is 53.1 Å². The van der Waals surface area contributed by atoms with Crippen molar-refractivity contribution < 1.29 is 4.74 Å². The van der Waals surface area contributed by atoms with Gasteiger partial charge >= 0.3 is 0 Å². The molecule has 0 spiro atoms. The second kappa shape index (κ2) is 8.67. The van der Waals surface area contributed by atoms with E-state index in [1.54, 1.807) is 0 Å². The van der Waals surface area contributed by atoms with Gasteiger partial charge in [0, 0.05) is 19.5 Å². The molecule has 0 aliphatic carbocycles. The zero-order chi connectivity index (χ0) is 16.7. The van der Waals surface area contributed by atoms with Gasteiger partial charge < -0.3 is 10.5 Å². The fourth-order valence-corrected chi connectivity index (χ4v) is 2.54. The molecule has 0 aliphatic rings. The van der Waals surface area contributed by atoms with Gasteiger partial charge in [0.2, 0.25) is 0 Å². The molecular formula is C18H28N4O. The van der Waals surface area contributed by atoms with Gasteiger partial charge in [-0.3, -0.25) is 0 Å². The van der Waals surface area contributed by atoms with Crippen LogP contribution in [0, 0.1) is 5.92 Å². The molecule has 2 N–H and O–H groups in total. The maximum Gasteiger partial charge on any atom is 0.119 e. The van der Waals surface area contributed by atoms with Gasteiger partial charge in [-0.15, -0.1) is 5.10 Å². The maximum absolute atomic E-state index is 5.80. The Morgan fingerprint density at radius 1 is 1.22 bits per heavy atom. The maximum atomic E-state index is 5.80. The second-order valence-electron chi connectivity index (χ2n) is 6.21. The molecule has 5 nitrogen and oxygen atoms in total. The molecule has 0 amide bonds. The van der Waals surface area contributed by atoms with Crippen molar-refractivity contribution in [3.63, 3.8) is 0 Å². The number of aryl methyl sites for hydroxylation is 2.